The van der Waals surface area contributed by atoms with Crippen LogP contribution in [0, 0.1) is 5.92 Å². The minimum atomic E-state index is -0.0729. The second-order valence-corrected chi connectivity index (χ2v) is 7.07. The molecule has 3 heterocycles. The van der Waals surface area contributed by atoms with Crippen LogP contribution in [-0.4, -0.2) is 32.8 Å². The van der Waals surface area contributed by atoms with Gasteiger partial charge in [0.15, 0.2) is 5.82 Å². The monoisotopic (exact) mass is 303 g/mol. The van der Waals surface area contributed by atoms with Crippen molar-refractivity contribution in [2.24, 2.45) is 5.92 Å². The van der Waals surface area contributed by atoms with Gasteiger partial charge in [-0.15, -0.1) is 10.2 Å². The van der Waals surface area contributed by atoms with E-state index in [9.17, 15) is 4.79 Å². The number of hydrogen-bond acceptors (Lipinski definition) is 4. The summed E-state index contributed by atoms with van der Waals surface area (Å²) in [6.45, 7) is 2.99. The molecule has 1 aliphatic carbocycles. The number of carbonyl (C=O) groups is 1. The average Bonchev–Trinajstić information content (AvgIpc) is 3.21. The molecule has 6 heteroatoms. The van der Waals surface area contributed by atoms with Crippen molar-refractivity contribution >= 4 is 5.91 Å². The van der Waals surface area contributed by atoms with E-state index in [0.717, 1.165) is 37.5 Å². The molecular weight excluding hydrogens is 278 g/mol. The molecular formula is C16H25N5O. The first kappa shape index (κ1) is 14.2. The largest absolute Gasteiger partial charge is 0.345 e. The number of nitrogens with zero attached hydrogens (tertiary/aromatic N) is 3. The Bertz CT molecular complexity index is 555. The van der Waals surface area contributed by atoms with Gasteiger partial charge in [-0.1, -0.05) is 12.8 Å². The zero-order valence-corrected chi connectivity index (χ0v) is 13.2. The molecule has 2 fully saturated rings. The smallest absolute Gasteiger partial charge is 0.237 e. The maximum Gasteiger partial charge on any atom is 0.237 e. The van der Waals surface area contributed by atoms with Gasteiger partial charge in [0.2, 0.25) is 5.91 Å². The highest BCUT2D eigenvalue weighted by atomic mass is 16.2. The highest BCUT2D eigenvalue weighted by molar-refractivity contribution is 5.82. The van der Waals surface area contributed by atoms with Crippen LogP contribution in [-0.2, 0) is 17.8 Å². The van der Waals surface area contributed by atoms with Gasteiger partial charge in [0.1, 0.15) is 5.82 Å². The van der Waals surface area contributed by atoms with Gasteiger partial charge in [-0.2, -0.15) is 0 Å². The maximum atomic E-state index is 12.6. The van der Waals surface area contributed by atoms with Crippen molar-refractivity contribution < 1.29 is 4.79 Å². The average molecular weight is 303 g/mol. The first-order valence-corrected chi connectivity index (χ1v) is 8.71. The van der Waals surface area contributed by atoms with Gasteiger partial charge in [0.25, 0.3) is 0 Å². The molecule has 2 aliphatic heterocycles. The Morgan fingerprint density at radius 3 is 3.05 bits per heavy atom. The van der Waals surface area contributed by atoms with E-state index in [-0.39, 0.29) is 18.0 Å². The van der Waals surface area contributed by atoms with Crippen LogP contribution in [0.1, 0.15) is 63.1 Å². The SMILES string of the molecule is CC(NC(=O)C1CC2CCCCC2N1)c1nnc2n1CCC2. The molecule has 1 aromatic heterocycles. The predicted octanol–water partition coefficient (Wildman–Crippen LogP) is 1.32. The van der Waals surface area contributed by atoms with Crippen LogP contribution < -0.4 is 10.6 Å². The van der Waals surface area contributed by atoms with Gasteiger partial charge < -0.3 is 15.2 Å². The second kappa shape index (κ2) is 5.65. The van der Waals surface area contributed by atoms with E-state index in [1.54, 1.807) is 0 Å². The number of aryl methyl sites for hydroxylation is 1. The molecule has 0 radical (unpaired) electrons. The molecule has 1 amide bonds. The number of hydrogen-bond donors (Lipinski definition) is 2. The van der Waals surface area contributed by atoms with Crippen molar-refractivity contribution in [1.29, 1.82) is 0 Å². The van der Waals surface area contributed by atoms with Gasteiger partial charge in [0.05, 0.1) is 12.1 Å². The third-order valence-corrected chi connectivity index (χ3v) is 5.56. The molecule has 22 heavy (non-hydrogen) atoms. The molecule has 0 spiro atoms. The van der Waals surface area contributed by atoms with Gasteiger partial charge in [-0.05, 0) is 38.5 Å². The first-order valence-electron chi connectivity index (χ1n) is 8.71. The third kappa shape index (κ3) is 2.43. The Labute approximate surface area is 131 Å². The van der Waals surface area contributed by atoms with E-state index in [1.807, 2.05) is 6.92 Å². The Hall–Kier alpha value is -1.43. The molecule has 0 bridgehead atoms. The summed E-state index contributed by atoms with van der Waals surface area (Å²) in [5, 5.41) is 15.2. The van der Waals surface area contributed by atoms with E-state index < -0.39 is 0 Å². The quantitative estimate of drug-likeness (QED) is 0.883. The maximum absolute atomic E-state index is 12.6. The minimum absolute atomic E-state index is 0.0310. The molecule has 2 N–H and O–H groups in total. The van der Waals surface area contributed by atoms with Crippen molar-refractivity contribution in [3.05, 3.63) is 11.6 Å². The van der Waals surface area contributed by atoms with Crippen LogP contribution in [0.3, 0.4) is 0 Å². The normalized spacial score (nSPS) is 31.6. The fraction of sp³-hybridized carbons (Fsp3) is 0.812. The third-order valence-electron chi connectivity index (χ3n) is 5.56. The summed E-state index contributed by atoms with van der Waals surface area (Å²) in [6.07, 6.45) is 8.23. The lowest BCUT2D eigenvalue weighted by Gasteiger charge is -2.24. The summed E-state index contributed by atoms with van der Waals surface area (Å²) < 4.78 is 2.16. The lowest BCUT2D eigenvalue weighted by atomic mass is 9.85. The van der Waals surface area contributed by atoms with Crippen LogP contribution in [0.15, 0.2) is 0 Å². The molecule has 120 valence electrons. The highest BCUT2D eigenvalue weighted by Crippen LogP contribution is 2.33. The summed E-state index contributed by atoms with van der Waals surface area (Å²) in [5.74, 6) is 2.77. The summed E-state index contributed by atoms with van der Waals surface area (Å²) in [4.78, 5) is 12.6. The van der Waals surface area contributed by atoms with Crippen molar-refractivity contribution in [1.82, 2.24) is 25.4 Å². The van der Waals surface area contributed by atoms with E-state index in [4.69, 9.17) is 0 Å². The molecule has 4 atom stereocenters. The van der Waals surface area contributed by atoms with Gasteiger partial charge in [0, 0.05) is 19.0 Å². The topological polar surface area (TPSA) is 71.8 Å². The molecule has 4 rings (SSSR count). The van der Waals surface area contributed by atoms with Crippen LogP contribution in [0.25, 0.3) is 0 Å². The predicted molar refractivity (Wildman–Crippen MR) is 82.2 cm³/mol. The minimum Gasteiger partial charge on any atom is -0.345 e. The summed E-state index contributed by atoms with van der Waals surface area (Å²) in [6, 6.07) is 0.449. The van der Waals surface area contributed by atoms with Crippen molar-refractivity contribution in [2.75, 3.05) is 0 Å². The Kier molecular flexibility index (Phi) is 3.64. The van der Waals surface area contributed by atoms with E-state index in [1.165, 1.54) is 25.7 Å². The lowest BCUT2D eigenvalue weighted by Crippen LogP contribution is -2.44. The second-order valence-electron chi connectivity index (χ2n) is 7.07. The number of fused-ring (bicyclic) bond motifs is 2. The molecule has 4 unspecified atom stereocenters. The van der Waals surface area contributed by atoms with Gasteiger partial charge in [-0.25, -0.2) is 0 Å². The zero-order chi connectivity index (χ0) is 15.1. The fourth-order valence-corrected chi connectivity index (χ4v) is 4.39. The zero-order valence-electron chi connectivity index (χ0n) is 13.2. The van der Waals surface area contributed by atoms with Crippen LogP contribution in [0.4, 0.5) is 0 Å². The molecule has 1 saturated carbocycles. The fourth-order valence-electron chi connectivity index (χ4n) is 4.39. The molecule has 0 aromatic carbocycles. The van der Waals surface area contributed by atoms with E-state index in [2.05, 4.69) is 25.4 Å². The number of amides is 1. The van der Waals surface area contributed by atoms with Crippen molar-refractivity contribution in [3.8, 4) is 0 Å². The Morgan fingerprint density at radius 2 is 2.18 bits per heavy atom. The first-order chi connectivity index (χ1) is 10.7. The van der Waals surface area contributed by atoms with E-state index >= 15 is 0 Å². The van der Waals surface area contributed by atoms with Crippen LogP contribution >= 0.6 is 0 Å². The Balaban J connectivity index is 1.39. The number of rotatable bonds is 3. The van der Waals surface area contributed by atoms with Crippen LogP contribution in [0.5, 0.6) is 0 Å². The molecule has 3 aliphatic rings. The Morgan fingerprint density at radius 1 is 1.32 bits per heavy atom. The number of carbonyl (C=O) groups excluding carboxylic acids is 1. The van der Waals surface area contributed by atoms with Gasteiger partial charge in [-0.3, -0.25) is 4.79 Å². The summed E-state index contributed by atoms with van der Waals surface area (Å²) in [7, 11) is 0. The molecule has 1 saturated heterocycles. The molecule has 6 nitrogen and oxygen atoms in total. The summed E-state index contributed by atoms with van der Waals surface area (Å²) in [5.41, 5.74) is 0. The lowest BCUT2D eigenvalue weighted by molar-refractivity contribution is -0.123. The molecule has 1 aromatic rings. The van der Waals surface area contributed by atoms with Crippen molar-refractivity contribution in [3.63, 3.8) is 0 Å². The van der Waals surface area contributed by atoms with Gasteiger partial charge >= 0.3 is 0 Å². The van der Waals surface area contributed by atoms with Crippen molar-refractivity contribution in [2.45, 2.75) is 76.5 Å². The standard InChI is InChI=1S/C16H25N5O/c1-10(15-20-19-14-7-4-8-21(14)15)17-16(22)13-9-11-5-2-3-6-12(11)18-13/h10-13,18H,2-9H2,1H3,(H,17,22). The highest BCUT2D eigenvalue weighted by Gasteiger charge is 2.38. The summed E-state index contributed by atoms with van der Waals surface area (Å²) >= 11 is 0. The van der Waals surface area contributed by atoms with E-state index in [0.29, 0.717) is 12.0 Å². The van der Waals surface area contributed by atoms with Crippen LogP contribution in [0.2, 0.25) is 0 Å². The number of aromatic nitrogens is 3. The number of nitrogens with one attached hydrogen (secondary N) is 2.